The van der Waals surface area contributed by atoms with Gasteiger partial charge >= 0.3 is 5.97 Å². The van der Waals surface area contributed by atoms with Crippen molar-refractivity contribution in [1.29, 1.82) is 0 Å². The van der Waals surface area contributed by atoms with E-state index in [1.807, 2.05) is 54.6 Å². The highest BCUT2D eigenvalue weighted by molar-refractivity contribution is 6.21. The number of carbonyl (C=O) groups excluding carboxylic acids is 1. The minimum atomic E-state index is -0.501. The fourth-order valence-electron chi connectivity index (χ4n) is 2.74. The minimum absolute atomic E-state index is 0.0106. The van der Waals surface area contributed by atoms with Gasteiger partial charge in [-0.25, -0.2) is 9.18 Å². The molecule has 148 valence electrons. The average molecular weight is 392 g/mol. The first-order valence-electron chi connectivity index (χ1n) is 9.13. The largest absolute Gasteiger partial charge is 0.496 e. The zero-order valence-electron chi connectivity index (χ0n) is 16.0. The fraction of sp³-hybridized carbons (Fsp3) is 0.125. The van der Waals surface area contributed by atoms with Crippen LogP contribution in [-0.4, -0.2) is 26.3 Å². The maximum absolute atomic E-state index is 13.6. The molecule has 0 radical (unpaired) electrons. The van der Waals surface area contributed by atoms with E-state index in [4.69, 9.17) is 14.2 Å². The number of para-hydroxylation sites is 2. The van der Waals surface area contributed by atoms with Crippen LogP contribution in [0.3, 0.4) is 0 Å². The van der Waals surface area contributed by atoms with Crippen LogP contribution in [0.15, 0.2) is 78.9 Å². The molecule has 0 spiro atoms. The van der Waals surface area contributed by atoms with Crippen molar-refractivity contribution in [3.05, 3.63) is 95.8 Å². The van der Waals surface area contributed by atoms with Crippen molar-refractivity contribution in [1.82, 2.24) is 0 Å². The molecule has 0 aliphatic rings. The average Bonchev–Trinajstić information content (AvgIpc) is 2.77. The molecule has 3 aromatic rings. The Morgan fingerprint density at radius 2 is 1.52 bits per heavy atom. The van der Waals surface area contributed by atoms with Gasteiger partial charge in [0.15, 0.2) is 11.6 Å². The van der Waals surface area contributed by atoms with Gasteiger partial charge in [0.05, 0.1) is 12.7 Å². The highest BCUT2D eigenvalue weighted by Crippen LogP contribution is 2.25. The van der Waals surface area contributed by atoms with E-state index in [9.17, 15) is 9.18 Å². The van der Waals surface area contributed by atoms with E-state index in [-0.39, 0.29) is 19.0 Å². The lowest BCUT2D eigenvalue weighted by Gasteiger charge is -2.11. The fourth-order valence-corrected chi connectivity index (χ4v) is 2.74. The Morgan fingerprint density at radius 3 is 2.24 bits per heavy atom. The second-order valence-corrected chi connectivity index (χ2v) is 6.08. The summed E-state index contributed by atoms with van der Waals surface area (Å²) in [6.45, 7) is 0.0344. The van der Waals surface area contributed by atoms with Gasteiger partial charge in [-0.2, -0.15) is 0 Å². The smallest absolute Gasteiger partial charge is 0.338 e. The van der Waals surface area contributed by atoms with Crippen molar-refractivity contribution in [3.63, 3.8) is 0 Å². The molecule has 0 fully saturated rings. The van der Waals surface area contributed by atoms with E-state index in [1.165, 1.54) is 12.1 Å². The second-order valence-electron chi connectivity index (χ2n) is 6.08. The van der Waals surface area contributed by atoms with Gasteiger partial charge in [0.25, 0.3) is 0 Å². The monoisotopic (exact) mass is 392 g/mol. The number of esters is 1. The first-order valence-corrected chi connectivity index (χ1v) is 9.13. The summed E-state index contributed by atoms with van der Waals surface area (Å²) in [5.41, 5.74) is 1.87. The van der Waals surface area contributed by atoms with E-state index in [2.05, 4.69) is 0 Å². The summed E-state index contributed by atoms with van der Waals surface area (Å²) < 4.78 is 29.7. The molecule has 3 aromatic carbocycles. The lowest BCUT2D eigenvalue weighted by molar-refractivity contribution is -0.137. The van der Waals surface area contributed by atoms with Gasteiger partial charge in [-0.1, -0.05) is 60.7 Å². The van der Waals surface area contributed by atoms with Crippen LogP contribution in [0.2, 0.25) is 0 Å². The maximum atomic E-state index is 13.6. The van der Waals surface area contributed by atoms with Crippen molar-refractivity contribution in [2.45, 2.75) is 0 Å². The Labute approximate surface area is 169 Å². The lowest BCUT2D eigenvalue weighted by Crippen LogP contribution is -2.14. The summed E-state index contributed by atoms with van der Waals surface area (Å²) in [5, 5.41) is 0. The van der Waals surface area contributed by atoms with Crippen LogP contribution >= 0.6 is 0 Å². The molecule has 29 heavy (non-hydrogen) atoms. The van der Waals surface area contributed by atoms with Crippen LogP contribution in [-0.2, 0) is 9.53 Å². The molecule has 0 heterocycles. The molecular weight excluding hydrogens is 371 g/mol. The van der Waals surface area contributed by atoms with Gasteiger partial charge in [0.1, 0.15) is 19.0 Å². The van der Waals surface area contributed by atoms with Crippen LogP contribution in [0.5, 0.6) is 11.5 Å². The third kappa shape index (κ3) is 5.45. The van der Waals surface area contributed by atoms with Gasteiger partial charge in [-0.15, -0.1) is 0 Å². The maximum Gasteiger partial charge on any atom is 0.338 e. The first kappa shape index (κ1) is 20.1. The molecule has 0 bridgehead atoms. The molecule has 0 amide bonds. The molecule has 0 aliphatic carbocycles. The normalized spacial score (nSPS) is 11.0. The van der Waals surface area contributed by atoms with Crippen molar-refractivity contribution in [3.8, 4) is 11.5 Å². The van der Waals surface area contributed by atoms with Crippen molar-refractivity contribution < 1.29 is 23.4 Å². The number of carbonyl (C=O) groups is 1. The molecule has 3 rings (SSSR count). The topological polar surface area (TPSA) is 44.8 Å². The molecule has 0 N–H and O–H groups in total. The summed E-state index contributed by atoms with van der Waals surface area (Å²) >= 11 is 0. The molecule has 4 nitrogen and oxygen atoms in total. The molecule has 0 saturated heterocycles. The Hall–Kier alpha value is -3.60. The number of halogens is 1. The van der Waals surface area contributed by atoms with Crippen LogP contribution in [0, 0.1) is 5.82 Å². The van der Waals surface area contributed by atoms with E-state index in [0.29, 0.717) is 11.3 Å². The predicted molar refractivity (Wildman–Crippen MR) is 110 cm³/mol. The van der Waals surface area contributed by atoms with E-state index in [1.54, 1.807) is 25.3 Å². The molecular formula is C24H21FO4. The molecule has 0 aromatic heterocycles. The quantitative estimate of drug-likeness (QED) is 0.234. The predicted octanol–water partition coefficient (Wildman–Crippen LogP) is 5.00. The van der Waals surface area contributed by atoms with Crippen molar-refractivity contribution in [2.75, 3.05) is 20.3 Å². The Bertz CT molecular complexity index is 983. The van der Waals surface area contributed by atoms with Gasteiger partial charge in [0.2, 0.25) is 0 Å². The summed E-state index contributed by atoms with van der Waals surface area (Å²) in [6, 6.07) is 22.7. The number of hydrogen-bond acceptors (Lipinski definition) is 4. The summed E-state index contributed by atoms with van der Waals surface area (Å²) in [5.74, 6) is -0.188. The standard InChI is InChI=1S/C24H21FO4/c1-27-22-13-7-5-11-19(22)17-20(18-9-3-2-4-10-18)24(26)29-16-15-28-23-14-8-6-12-21(23)25/h2-14,17H,15-16H2,1H3. The minimum Gasteiger partial charge on any atom is -0.496 e. The van der Waals surface area contributed by atoms with Crippen molar-refractivity contribution in [2.24, 2.45) is 0 Å². The highest BCUT2D eigenvalue weighted by Gasteiger charge is 2.15. The first-order chi connectivity index (χ1) is 14.2. The Kier molecular flexibility index (Phi) is 7.00. The number of benzene rings is 3. The summed E-state index contributed by atoms with van der Waals surface area (Å²) in [4.78, 5) is 12.8. The molecule has 0 aliphatic heterocycles. The summed E-state index contributed by atoms with van der Waals surface area (Å²) in [6.07, 6.45) is 1.73. The number of hydrogen-bond donors (Lipinski definition) is 0. The third-order valence-corrected chi connectivity index (χ3v) is 4.15. The van der Waals surface area contributed by atoms with Gasteiger partial charge in [0, 0.05) is 5.56 Å². The van der Waals surface area contributed by atoms with Crippen LogP contribution in [0.4, 0.5) is 4.39 Å². The SMILES string of the molecule is COc1ccccc1C=C(C(=O)OCCOc1ccccc1F)c1ccccc1. The molecule has 0 saturated carbocycles. The lowest BCUT2D eigenvalue weighted by atomic mass is 10.0. The number of methoxy groups -OCH3 is 1. The molecule has 5 heteroatoms. The number of rotatable bonds is 8. The van der Waals surface area contributed by atoms with Crippen LogP contribution in [0.25, 0.3) is 11.6 Å². The Morgan fingerprint density at radius 1 is 0.862 bits per heavy atom. The van der Waals surface area contributed by atoms with Crippen LogP contribution in [0.1, 0.15) is 11.1 Å². The van der Waals surface area contributed by atoms with E-state index < -0.39 is 11.8 Å². The highest BCUT2D eigenvalue weighted by atomic mass is 19.1. The summed E-state index contributed by atoms with van der Waals surface area (Å²) in [7, 11) is 1.58. The molecule has 0 atom stereocenters. The number of ether oxygens (including phenoxy) is 3. The van der Waals surface area contributed by atoms with Gasteiger partial charge < -0.3 is 14.2 Å². The zero-order valence-corrected chi connectivity index (χ0v) is 16.0. The molecule has 0 unspecified atom stereocenters. The van der Waals surface area contributed by atoms with E-state index in [0.717, 1.165) is 11.1 Å². The second kappa shape index (κ2) is 10.1. The van der Waals surface area contributed by atoms with Gasteiger partial charge in [-0.05, 0) is 29.8 Å². The Balaban J connectivity index is 1.73. The van der Waals surface area contributed by atoms with Gasteiger partial charge in [-0.3, -0.25) is 0 Å². The van der Waals surface area contributed by atoms with Crippen molar-refractivity contribution >= 4 is 17.6 Å². The third-order valence-electron chi connectivity index (χ3n) is 4.15. The van der Waals surface area contributed by atoms with Crippen LogP contribution < -0.4 is 9.47 Å². The van der Waals surface area contributed by atoms with E-state index >= 15 is 0 Å². The zero-order chi connectivity index (χ0) is 20.5.